The van der Waals surface area contributed by atoms with Crippen LogP contribution in [0.3, 0.4) is 0 Å². The Bertz CT molecular complexity index is 1750. The molecule has 9 nitrogen and oxygen atoms in total. The fourth-order valence-electron chi connectivity index (χ4n) is 6.99. The van der Waals surface area contributed by atoms with E-state index in [0.717, 1.165) is 48.5 Å². The minimum absolute atomic E-state index is 0.107. The molecule has 1 fully saturated rings. The van der Waals surface area contributed by atoms with Gasteiger partial charge in [-0.2, -0.15) is 10.1 Å². The molecule has 0 bridgehead atoms. The molecular formula is C35H48N8OSi. The predicted molar refractivity (Wildman–Crippen MR) is 188 cm³/mol. The highest BCUT2D eigenvalue weighted by Gasteiger charge is 2.41. The molecule has 1 saturated heterocycles. The lowest BCUT2D eigenvalue weighted by atomic mass is 10.1. The second-order valence-corrected chi connectivity index (χ2v) is 19.0. The Labute approximate surface area is 268 Å². The lowest BCUT2D eigenvalue weighted by molar-refractivity contribution is 0.313. The third kappa shape index (κ3) is 6.56. The molecule has 3 aromatic heterocycles. The van der Waals surface area contributed by atoms with Crippen molar-refractivity contribution in [3.8, 4) is 11.5 Å². The first-order chi connectivity index (χ1) is 21.4. The maximum absolute atomic E-state index is 14.0. The van der Waals surface area contributed by atoms with Gasteiger partial charge in [0.2, 0.25) is 5.95 Å². The first kappa shape index (κ1) is 32.5. The summed E-state index contributed by atoms with van der Waals surface area (Å²) in [4.78, 5) is 28.4. The van der Waals surface area contributed by atoms with Crippen LogP contribution in [-0.4, -0.2) is 70.5 Å². The quantitative estimate of drug-likeness (QED) is 0.192. The van der Waals surface area contributed by atoms with Crippen LogP contribution in [0.25, 0.3) is 11.0 Å². The summed E-state index contributed by atoms with van der Waals surface area (Å²) in [5.41, 5.74) is 9.95. The van der Waals surface area contributed by atoms with Crippen molar-refractivity contribution < 1.29 is 0 Å². The number of nitrogens with one attached hydrogen (secondary N) is 1. The molecule has 10 heteroatoms. The van der Waals surface area contributed by atoms with Crippen LogP contribution >= 0.6 is 0 Å². The number of aryl methyl sites for hydroxylation is 1. The van der Waals surface area contributed by atoms with E-state index in [1.165, 1.54) is 5.69 Å². The molecule has 238 valence electrons. The van der Waals surface area contributed by atoms with E-state index in [4.69, 9.17) is 9.97 Å². The molecule has 5 rings (SSSR count). The summed E-state index contributed by atoms with van der Waals surface area (Å²) in [6.07, 6.45) is 3.70. The summed E-state index contributed by atoms with van der Waals surface area (Å²) in [6.45, 7) is 20.1. The molecule has 1 aliphatic heterocycles. The minimum Gasteiger partial charge on any atom is -0.369 e. The van der Waals surface area contributed by atoms with Gasteiger partial charge in [-0.25, -0.2) is 4.98 Å². The average Bonchev–Trinajstić information content (AvgIpc) is 3.42. The van der Waals surface area contributed by atoms with Crippen LogP contribution in [0, 0.1) is 18.4 Å². The Balaban J connectivity index is 1.58. The van der Waals surface area contributed by atoms with E-state index in [9.17, 15) is 4.79 Å². The van der Waals surface area contributed by atoms with Gasteiger partial charge in [0.15, 0.2) is 0 Å². The smallest absolute Gasteiger partial charge is 0.256 e. The van der Waals surface area contributed by atoms with Crippen molar-refractivity contribution in [3.05, 3.63) is 69.9 Å². The highest BCUT2D eigenvalue weighted by atomic mass is 28.3. The largest absolute Gasteiger partial charge is 0.369 e. The summed E-state index contributed by atoms with van der Waals surface area (Å²) in [5, 5.41) is 8.70. The first-order valence-corrected chi connectivity index (χ1v) is 18.4. The number of pyridine rings is 1. The van der Waals surface area contributed by atoms with Gasteiger partial charge in [-0.05, 0) is 60.9 Å². The van der Waals surface area contributed by atoms with Crippen molar-refractivity contribution in [2.45, 2.75) is 71.6 Å². The van der Waals surface area contributed by atoms with Crippen LogP contribution in [-0.2, 0) is 13.6 Å². The van der Waals surface area contributed by atoms with E-state index in [2.05, 4.69) is 105 Å². The van der Waals surface area contributed by atoms with E-state index in [1.54, 1.807) is 9.25 Å². The lowest BCUT2D eigenvalue weighted by Gasteiger charge is -2.38. The van der Waals surface area contributed by atoms with Crippen LogP contribution < -0.4 is 15.8 Å². The molecular weight excluding hydrogens is 577 g/mol. The molecule has 1 N–H and O–H groups in total. The van der Waals surface area contributed by atoms with E-state index < -0.39 is 8.07 Å². The molecule has 1 aromatic carbocycles. The predicted octanol–water partition coefficient (Wildman–Crippen LogP) is 5.95. The monoisotopic (exact) mass is 624 g/mol. The average molecular weight is 625 g/mol. The summed E-state index contributed by atoms with van der Waals surface area (Å²) in [5.74, 6) is 3.99. The van der Waals surface area contributed by atoms with Crippen molar-refractivity contribution in [2.24, 2.45) is 7.05 Å². The number of nitrogens with zero attached hydrogens (tertiary/aromatic N) is 7. The number of piperazine rings is 1. The number of aromatic nitrogens is 5. The SMILES string of the molecule is Cc1c(C#C[Si](C(C)C)(C(C)C)C(C)C)c2cnc(Nc3ccc(N4CCN(C)CC4)cc3)nc2n(Cc2ccn(C)n2)c1=O. The molecule has 4 heterocycles. The third-order valence-electron chi connectivity index (χ3n) is 9.59. The summed E-state index contributed by atoms with van der Waals surface area (Å²) >= 11 is 0. The van der Waals surface area contributed by atoms with Gasteiger partial charge in [-0.15, -0.1) is 5.54 Å². The van der Waals surface area contributed by atoms with Gasteiger partial charge in [-0.1, -0.05) is 47.5 Å². The van der Waals surface area contributed by atoms with Crippen LogP contribution in [0.5, 0.6) is 0 Å². The van der Waals surface area contributed by atoms with Gasteiger partial charge < -0.3 is 15.1 Å². The van der Waals surface area contributed by atoms with Gasteiger partial charge in [0, 0.05) is 68.1 Å². The molecule has 0 saturated carbocycles. The van der Waals surface area contributed by atoms with Gasteiger partial charge in [0.25, 0.3) is 5.56 Å². The highest BCUT2D eigenvalue weighted by Crippen LogP contribution is 2.41. The number of anilines is 3. The molecule has 0 atom stereocenters. The van der Waals surface area contributed by atoms with Gasteiger partial charge in [-0.3, -0.25) is 14.0 Å². The Morgan fingerprint density at radius 2 is 1.58 bits per heavy atom. The molecule has 0 amide bonds. The van der Waals surface area contributed by atoms with Gasteiger partial charge >= 0.3 is 0 Å². The summed E-state index contributed by atoms with van der Waals surface area (Å²) < 4.78 is 3.45. The second kappa shape index (κ2) is 13.2. The van der Waals surface area contributed by atoms with Crippen LogP contribution in [0.4, 0.5) is 17.3 Å². The Kier molecular flexibility index (Phi) is 9.51. The van der Waals surface area contributed by atoms with Crippen LogP contribution in [0.15, 0.2) is 47.5 Å². The zero-order chi connectivity index (χ0) is 32.5. The second-order valence-electron chi connectivity index (χ2n) is 13.4. The molecule has 0 spiro atoms. The van der Waals surface area contributed by atoms with E-state index in [1.807, 2.05) is 32.4 Å². The topological polar surface area (TPSA) is 84.1 Å². The summed E-state index contributed by atoms with van der Waals surface area (Å²) in [6, 6.07) is 10.3. The van der Waals surface area contributed by atoms with E-state index in [-0.39, 0.29) is 5.56 Å². The van der Waals surface area contributed by atoms with Crippen molar-refractivity contribution in [1.29, 1.82) is 0 Å². The van der Waals surface area contributed by atoms with Crippen molar-refractivity contribution in [3.63, 3.8) is 0 Å². The van der Waals surface area contributed by atoms with Gasteiger partial charge in [0.1, 0.15) is 13.7 Å². The standard InChI is InChI=1S/C35H48N8OSi/c1-24(2)45(25(3)4,26(5)6)21-15-31-27(7)34(44)43(23-29-14-16-41(9)39-29)33-32(31)22-36-35(38-33)37-28-10-12-30(13-11-28)42-19-17-40(8)18-20-42/h10-14,16,22,24-26H,17-20,23H2,1-9H3,(H,36,37,38). The Morgan fingerprint density at radius 3 is 2.16 bits per heavy atom. The van der Waals surface area contributed by atoms with Crippen molar-refractivity contribution in [1.82, 2.24) is 29.2 Å². The normalized spacial score (nSPS) is 14.4. The minimum atomic E-state index is -2.03. The number of likely N-dealkylation sites (N-methyl/N-ethyl adjacent to an activating group) is 1. The van der Waals surface area contributed by atoms with Gasteiger partial charge in [0.05, 0.1) is 17.6 Å². The molecule has 0 radical (unpaired) electrons. The maximum atomic E-state index is 14.0. The first-order valence-electron chi connectivity index (χ1n) is 16.1. The van der Waals surface area contributed by atoms with Crippen LogP contribution in [0.2, 0.25) is 16.6 Å². The zero-order valence-electron chi connectivity index (χ0n) is 28.3. The Hall–Kier alpha value is -3.94. The number of hydrogen-bond donors (Lipinski definition) is 1. The Morgan fingerprint density at radius 1 is 0.933 bits per heavy atom. The molecule has 0 unspecified atom stereocenters. The number of benzene rings is 1. The van der Waals surface area contributed by atoms with Crippen molar-refractivity contribution >= 4 is 36.4 Å². The molecule has 1 aliphatic rings. The number of hydrogen-bond acceptors (Lipinski definition) is 7. The molecule has 45 heavy (non-hydrogen) atoms. The van der Waals surface area contributed by atoms with E-state index >= 15 is 0 Å². The molecule has 0 aliphatic carbocycles. The fraction of sp³-hybridized carbons (Fsp3) is 0.486. The third-order valence-corrected chi connectivity index (χ3v) is 15.9. The fourth-order valence-corrected chi connectivity index (χ4v) is 12.2. The van der Waals surface area contributed by atoms with Crippen molar-refractivity contribution in [2.75, 3.05) is 43.4 Å². The lowest BCUT2D eigenvalue weighted by Crippen LogP contribution is -2.44. The maximum Gasteiger partial charge on any atom is 0.256 e. The van der Waals surface area contributed by atoms with E-state index in [0.29, 0.717) is 40.3 Å². The highest BCUT2D eigenvalue weighted by molar-refractivity contribution is 6.90. The zero-order valence-corrected chi connectivity index (χ0v) is 29.3. The molecule has 4 aromatic rings. The number of fused-ring (bicyclic) bond motifs is 1. The van der Waals surface area contributed by atoms with Crippen LogP contribution in [0.1, 0.15) is 58.4 Å². The summed E-state index contributed by atoms with van der Waals surface area (Å²) in [7, 11) is 2.01. The number of rotatable bonds is 8.